The quantitative estimate of drug-likeness (QED) is 0.444. The molecule has 0 saturated carbocycles. The van der Waals surface area contributed by atoms with Crippen LogP contribution in [0.1, 0.15) is 18.9 Å². The van der Waals surface area contributed by atoms with Gasteiger partial charge in [0.25, 0.3) is 5.69 Å². The molecule has 1 atom stereocenters. The topological polar surface area (TPSA) is 69.4 Å². The summed E-state index contributed by atoms with van der Waals surface area (Å²) in [5.74, 6) is -0.447. The molecule has 0 fully saturated rings. The molecule has 1 aromatic carbocycles. The maximum atomic E-state index is 13.5. The summed E-state index contributed by atoms with van der Waals surface area (Å²) in [6.45, 7) is 1.28. The van der Waals surface area contributed by atoms with Gasteiger partial charge in [-0.05, 0) is 5.56 Å². The van der Waals surface area contributed by atoms with Crippen LogP contribution in [0.3, 0.4) is 0 Å². The average Bonchev–Trinajstić information content (AvgIpc) is 2.28. The van der Waals surface area contributed by atoms with E-state index in [1.807, 2.05) is 0 Å². The highest BCUT2D eigenvalue weighted by Crippen LogP contribution is 2.16. The number of nitrogens with zero attached hydrogens (tertiary/aromatic N) is 1. The number of nitro groups is 1. The van der Waals surface area contributed by atoms with E-state index in [9.17, 15) is 19.3 Å². The highest BCUT2D eigenvalue weighted by Gasteiger charge is 2.11. The average molecular weight is 255 g/mol. The standard InChI is InChI=1S/C12H14FNO4/c1-9(15)18-6-5-11(13)7-10-3-2-4-12(8-10)14(16)17/h2-4,8,11H,5-7H2,1H3. The van der Waals surface area contributed by atoms with Crippen molar-refractivity contribution in [3.05, 3.63) is 39.9 Å². The van der Waals surface area contributed by atoms with Gasteiger partial charge < -0.3 is 4.74 Å². The zero-order valence-corrected chi connectivity index (χ0v) is 9.97. The molecule has 0 aliphatic heterocycles. The highest BCUT2D eigenvalue weighted by atomic mass is 19.1. The fourth-order valence-corrected chi connectivity index (χ4v) is 1.49. The van der Waals surface area contributed by atoms with E-state index in [0.29, 0.717) is 5.56 Å². The van der Waals surface area contributed by atoms with E-state index in [-0.39, 0.29) is 25.1 Å². The molecule has 0 aliphatic carbocycles. The Kier molecular flexibility index (Phi) is 5.23. The molecule has 0 spiro atoms. The number of esters is 1. The summed E-state index contributed by atoms with van der Waals surface area (Å²) >= 11 is 0. The van der Waals surface area contributed by atoms with Gasteiger partial charge in [0.2, 0.25) is 0 Å². The summed E-state index contributed by atoms with van der Waals surface area (Å²) in [5.41, 5.74) is 0.499. The van der Waals surface area contributed by atoms with Crippen LogP contribution in [0.2, 0.25) is 0 Å². The highest BCUT2D eigenvalue weighted by molar-refractivity contribution is 5.65. The number of carbonyl (C=O) groups is 1. The summed E-state index contributed by atoms with van der Waals surface area (Å²) in [6.07, 6.45) is -1.03. The van der Waals surface area contributed by atoms with Gasteiger partial charge in [-0.1, -0.05) is 12.1 Å². The third-order valence-corrected chi connectivity index (χ3v) is 2.31. The van der Waals surface area contributed by atoms with Crippen LogP contribution >= 0.6 is 0 Å². The van der Waals surface area contributed by atoms with E-state index in [4.69, 9.17) is 0 Å². The summed E-state index contributed by atoms with van der Waals surface area (Å²) < 4.78 is 18.1. The number of alkyl halides is 1. The Morgan fingerprint density at radius 1 is 1.56 bits per heavy atom. The number of halogens is 1. The lowest BCUT2D eigenvalue weighted by atomic mass is 10.1. The van der Waals surface area contributed by atoms with Gasteiger partial charge in [-0.3, -0.25) is 14.9 Å². The molecule has 0 saturated heterocycles. The molecule has 1 rings (SSSR count). The number of benzene rings is 1. The van der Waals surface area contributed by atoms with Crippen molar-refractivity contribution in [2.75, 3.05) is 6.61 Å². The second-order valence-electron chi connectivity index (χ2n) is 3.86. The maximum absolute atomic E-state index is 13.5. The van der Waals surface area contributed by atoms with E-state index in [1.54, 1.807) is 6.07 Å². The first-order chi connectivity index (χ1) is 8.49. The van der Waals surface area contributed by atoms with Crippen LogP contribution in [0.5, 0.6) is 0 Å². The van der Waals surface area contributed by atoms with Crippen LogP contribution in [-0.2, 0) is 16.0 Å². The molecule has 1 unspecified atom stereocenters. The molecule has 0 radical (unpaired) electrons. The number of hydrogen-bond acceptors (Lipinski definition) is 4. The molecule has 18 heavy (non-hydrogen) atoms. The minimum absolute atomic E-state index is 0.0193. The largest absolute Gasteiger partial charge is 0.466 e. The first-order valence-electron chi connectivity index (χ1n) is 5.50. The number of non-ortho nitro benzene ring substituents is 1. The molecular formula is C12H14FNO4. The predicted octanol–water partition coefficient (Wildman–Crippen LogP) is 2.43. The summed E-state index contributed by atoms with van der Waals surface area (Å²) in [7, 11) is 0. The Morgan fingerprint density at radius 3 is 2.89 bits per heavy atom. The van der Waals surface area contributed by atoms with Crippen LogP contribution in [0.4, 0.5) is 10.1 Å². The molecule has 98 valence electrons. The van der Waals surface area contributed by atoms with E-state index < -0.39 is 17.1 Å². The molecule has 0 bridgehead atoms. The lowest BCUT2D eigenvalue weighted by Gasteiger charge is -2.08. The van der Waals surface area contributed by atoms with Gasteiger partial charge in [-0.2, -0.15) is 0 Å². The predicted molar refractivity (Wildman–Crippen MR) is 62.9 cm³/mol. The Bertz CT molecular complexity index is 436. The zero-order chi connectivity index (χ0) is 13.5. The SMILES string of the molecule is CC(=O)OCCC(F)Cc1cccc([N+](=O)[O-])c1. The molecular weight excluding hydrogens is 241 g/mol. The van der Waals surface area contributed by atoms with Gasteiger partial charge in [0.1, 0.15) is 6.17 Å². The maximum Gasteiger partial charge on any atom is 0.302 e. The molecule has 0 amide bonds. The molecule has 6 heteroatoms. The smallest absolute Gasteiger partial charge is 0.302 e. The number of carbonyl (C=O) groups excluding carboxylic acids is 1. The minimum atomic E-state index is -1.19. The van der Waals surface area contributed by atoms with Gasteiger partial charge >= 0.3 is 5.97 Å². The third-order valence-electron chi connectivity index (χ3n) is 2.31. The fraction of sp³-hybridized carbons (Fsp3) is 0.417. The summed E-state index contributed by atoms with van der Waals surface area (Å²) in [4.78, 5) is 20.5. The number of hydrogen-bond donors (Lipinski definition) is 0. The van der Waals surface area contributed by atoms with Crippen molar-refractivity contribution in [1.29, 1.82) is 0 Å². The first-order valence-corrected chi connectivity index (χ1v) is 5.50. The van der Waals surface area contributed by atoms with Gasteiger partial charge in [0, 0.05) is 31.9 Å². The molecule has 5 nitrogen and oxygen atoms in total. The van der Waals surface area contributed by atoms with Crippen LogP contribution in [0, 0.1) is 10.1 Å². The number of ether oxygens (including phenoxy) is 1. The van der Waals surface area contributed by atoms with Gasteiger partial charge in [-0.15, -0.1) is 0 Å². The van der Waals surface area contributed by atoms with Crippen molar-refractivity contribution < 1.29 is 18.8 Å². The fourth-order valence-electron chi connectivity index (χ4n) is 1.49. The lowest BCUT2D eigenvalue weighted by molar-refractivity contribution is -0.384. The Balaban J connectivity index is 2.48. The Labute approximate surface area is 104 Å². The lowest BCUT2D eigenvalue weighted by Crippen LogP contribution is -2.10. The molecule has 1 aromatic rings. The first kappa shape index (κ1) is 14.1. The summed E-state index contributed by atoms with van der Waals surface area (Å²) in [5, 5.41) is 10.5. The molecule has 0 aliphatic rings. The molecule has 0 N–H and O–H groups in total. The second-order valence-corrected chi connectivity index (χ2v) is 3.86. The van der Waals surface area contributed by atoms with Crippen LogP contribution in [-0.4, -0.2) is 23.7 Å². The van der Waals surface area contributed by atoms with Crippen LogP contribution < -0.4 is 0 Å². The Morgan fingerprint density at radius 2 is 2.28 bits per heavy atom. The van der Waals surface area contributed by atoms with Gasteiger partial charge in [-0.25, -0.2) is 4.39 Å². The van der Waals surface area contributed by atoms with Crippen molar-refractivity contribution >= 4 is 11.7 Å². The normalized spacial score (nSPS) is 11.9. The third kappa shape index (κ3) is 4.90. The van der Waals surface area contributed by atoms with Crippen molar-refractivity contribution in [2.24, 2.45) is 0 Å². The zero-order valence-electron chi connectivity index (χ0n) is 9.97. The van der Waals surface area contributed by atoms with Gasteiger partial charge in [0.05, 0.1) is 11.5 Å². The monoisotopic (exact) mass is 255 g/mol. The minimum Gasteiger partial charge on any atom is -0.466 e. The van der Waals surface area contributed by atoms with Crippen molar-refractivity contribution in [2.45, 2.75) is 25.9 Å². The van der Waals surface area contributed by atoms with E-state index >= 15 is 0 Å². The van der Waals surface area contributed by atoms with Crippen molar-refractivity contribution in [3.8, 4) is 0 Å². The second kappa shape index (κ2) is 6.68. The summed E-state index contributed by atoms with van der Waals surface area (Å²) in [6, 6.07) is 5.85. The Hall–Kier alpha value is -1.98. The molecule has 0 aromatic heterocycles. The van der Waals surface area contributed by atoms with E-state index in [2.05, 4.69) is 4.74 Å². The van der Waals surface area contributed by atoms with Crippen LogP contribution in [0.25, 0.3) is 0 Å². The van der Waals surface area contributed by atoms with Gasteiger partial charge in [0.15, 0.2) is 0 Å². The number of nitro benzene ring substituents is 1. The van der Waals surface area contributed by atoms with Crippen LogP contribution in [0.15, 0.2) is 24.3 Å². The van der Waals surface area contributed by atoms with Crippen molar-refractivity contribution in [1.82, 2.24) is 0 Å². The molecule has 0 heterocycles. The van der Waals surface area contributed by atoms with E-state index in [1.165, 1.54) is 25.1 Å². The number of rotatable bonds is 6. The van der Waals surface area contributed by atoms with Crippen molar-refractivity contribution in [3.63, 3.8) is 0 Å². The van der Waals surface area contributed by atoms with E-state index in [0.717, 1.165) is 0 Å².